The van der Waals surface area contributed by atoms with Crippen molar-refractivity contribution < 1.29 is 5.11 Å². The third-order valence-electron chi connectivity index (χ3n) is 5.05. The lowest BCUT2D eigenvalue weighted by molar-refractivity contribution is -0.0883. The van der Waals surface area contributed by atoms with E-state index in [0.29, 0.717) is 12.5 Å². The second-order valence-corrected chi connectivity index (χ2v) is 6.96. The second-order valence-electron chi connectivity index (χ2n) is 6.96. The van der Waals surface area contributed by atoms with Gasteiger partial charge in [0.2, 0.25) is 0 Å². The Balaban J connectivity index is 2.74. The van der Waals surface area contributed by atoms with Crippen LogP contribution in [0.5, 0.6) is 0 Å². The van der Waals surface area contributed by atoms with Crippen molar-refractivity contribution in [2.45, 2.75) is 84.2 Å². The highest BCUT2D eigenvalue weighted by atomic mass is 16.3. The standard InChI is InChI=1S/C16H33NO/c1-14(2)9-12-15(3,18)16(13-17)10-7-5-4-6-8-11-16/h14,18H,4-13,17H2,1-3H3. The highest BCUT2D eigenvalue weighted by Crippen LogP contribution is 2.44. The van der Waals surface area contributed by atoms with Crippen LogP contribution in [0.1, 0.15) is 78.6 Å². The Bertz CT molecular complexity index is 227. The van der Waals surface area contributed by atoms with E-state index in [0.717, 1.165) is 25.7 Å². The molecule has 1 atom stereocenters. The van der Waals surface area contributed by atoms with Crippen molar-refractivity contribution in [2.24, 2.45) is 17.1 Å². The molecular weight excluding hydrogens is 222 g/mol. The van der Waals surface area contributed by atoms with Gasteiger partial charge in [-0.1, -0.05) is 46.0 Å². The minimum Gasteiger partial charge on any atom is -0.390 e. The van der Waals surface area contributed by atoms with Crippen molar-refractivity contribution in [3.05, 3.63) is 0 Å². The molecule has 1 saturated carbocycles. The first-order chi connectivity index (χ1) is 8.43. The molecule has 0 aromatic heterocycles. The maximum Gasteiger partial charge on any atom is 0.0687 e. The predicted molar refractivity (Wildman–Crippen MR) is 78.5 cm³/mol. The molecule has 2 heteroatoms. The summed E-state index contributed by atoms with van der Waals surface area (Å²) in [6.07, 6.45) is 10.6. The van der Waals surface area contributed by atoms with E-state index < -0.39 is 5.60 Å². The summed E-state index contributed by atoms with van der Waals surface area (Å²) in [6, 6.07) is 0. The van der Waals surface area contributed by atoms with Gasteiger partial charge in [0.25, 0.3) is 0 Å². The van der Waals surface area contributed by atoms with E-state index >= 15 is 0 Å². The van der Waals surface area contributed by atoms with Gasteiger partial charge in [-0.15, -0.1) is 0 Å². The van der Waals surface area contributed by atoms with E-state index in [-0.39, 0.29) is 5.41 Å². The fraction of sp³-hybridized carbons (Fsp3) is 1.00. The first-order valence-corrected chi connectivity index (χ1v) is 7.86. The average Bonchev–Trinajstić information content (AvgIpc) is 2.26. The summed E-state index contributed by atoms with van der Waals surface area (Å²) in [7, 11) is 0. The summed E-state index contributed by atoms with van der Waals surface area (Å²) >= 11 is 0. The Labute approximate surface area is 113 Å². The first-order valence-electron chi connectivity index (χ1n) is 7.86. The second kappa shape index (κ2) is 6.91. The lowest BCUT2D eigenvalue weighted by Crippen LogP contribution is -2.51. The number of aliphatic hydroxyl groups is 1. The third kappa shape index (κ3) is 3.96. The van der Waals surface area contributed by atoms with E-state index in [9.17, 15) is 5.11 Å². The summed E-state index contributed by atoms with van der Waals surface area (Å²) in [6.45, 7) is 7.12. The van der Waals surface area contributed by atoms with E-state index in [1.165, 1.54) is 32.1 Å². The number of nitrogens with two attached hydrogens (primary N) is 1. The van der Waals surface area contributed by atoms with E-state index in [4.69, 9.17) is 5.73 Å². The van der Waals surface area contributed by atoms with Crippen LogP contribution < -0.4 is 5.73 Å². The molecule has 0 spiro atoms. The summed E-state index contributed by atoms with van der Waals surface area (Å²) < 4.78 is 0. The predicted octanol–water partition coefficient (Wildman–Crippen LogP) is 3.86. The minimum atomic E-state index is -0.594. The molecule has 0 bridgehead atoms. The molecule has 0 amide bonds. The summed E-state index contributed by atoms with van der Waals surface area (Å²) in [5.41, 5.74) is 5.46. The van der Waals surface area contributed by atoms with Crippen LogP contribution in [0.3, 0.4) is 0 Å². The van der Waals surface area contributed by atoms with Crippen molar-refractivity contribution in [1.29, 1.82) is 0 Å². The SMILES string of the molecule is CC(C)CCC(C)(O)C1(CN)CCCCCCC1. The number of hydrogen-bond donors (Lipinski definition) is 2. The van der Waals surface area contributed by atoms with Crippen LogP contribution in [0.2, 0.25) is 0 Å². The molecule has 0 heterocycles. The van der Waals surface area contributed by atoms with Crippen LogP contribution in [0.15, 0.2) is 0 Å². The van der Waals surface area contributed by atoms with Gasteiger partial charge in [0.1, 0.15) is 0 Å². The molecular formula is C16H33NO. The van der Waals surface area contributed by atoms with Gasteiger partial charge in [-0.2, -0.15) is 0 Å². The number of rotatable bonds is 5. The van der Waals surface area contributed by atoms with Gasteiger partial charge in [0, 0.05) is 12.0 Å². The van der Waals surface area contributed by atoms with Crippen LogP contribution >= 0.6 is 0 Å². The van der Waals surface area contributed by atoms with Gasteiger partial charge in [-0.25, -0.2) is 0 Å². The molecule has 3 N–H and O–H groups in total. The van der Waals surface area contributed by atoms with E-state index in [1.807, 2.05) is 6.92 Å². The van der Waals surface area contributed by atoms with Crippen LogP contribution in [0.25, 0.3) is 0 Å². The van der Waals surface area contributed by atoms with Gasteiger partial charge >= 0.3 is 0 Å². The summed E-state index contributed by atoms with van der Waals surface area (Å²) in [5, 5.41) is 11.0. The van der Waals surface area contributed by atoms with Crippen molar-refractivity contribution >= 4 is 0 Å². The summed E-state index contributed by atoms with van der Waals surface area (Å²) in [5.74, 6) is 0.653. The van der Waals surface area contributed by atoms with Crippen molar-refractivity contribution in [2.75, 3.05) is 6.54 Å². The lowest BCUT2D eigenvalue weighted by atomic mass is 9.63. The van der Waals surface area contributed by atoms with Gasteiger partial charge < -0.3 is 10.8 Å². The van der Waals surface area contributed by atoms with Gasteiger partial charge in [0.05, 0.1) is 5.60 Å². The molecule has 108 valence electrons. The van der Waals surface area contributed by atoms with Crippen molar-refractivity contribution in [1.82, 2.24) is 0 Å². The highest BCUT2D eigenvalue weighted by molar-refractivity contribution is 4.97. The molecule has 1 fully saturated rings. The largest absolute Gasteiger partial charge is 0.390 e. The van der Waals surface area contributed by atoms with Crippen molar-refractivity contribution in [3.8, 4) is 0 Å². The smallest absolute Gasteiger partial charge is 0.0687 e. The third-order valence-corrected chi connectivity index (χ3v) is 5.05. The maximum absolute atomic E-state index is 11.0. The molecule has 18 heavy (non-hydrogen) atoms. The fourth-order valence-corrected chi connectivity index (χ4v) is 3.38. The highest BCUT2D eigenvalue weighted by Gasteiger charge is 2.44. The van der Waals surface area contributed by atoms with Gasteiger partial charge in [0.15, 0.2) is 0 Å². The van der Waals surface area contributed by atoms with Crippen LogP contribution in [-0.4, -0.2) is 17.3 Å². The Hall–Kier alpha value is -0.0800. The molecule has 0 radical (unpaired) electrons. The lowest BCUT2D eigenvalue weighted by Gasteiger charge is -2.46. The molecule has 1 aliphatic rings. The zero-order valence-corrected chi connectivity index (χ0v) is 12.7. The molecule has 1 unspecified atom stereocenters. The molecule has 1 rings (SSSR count). The van der Waals surface area contributed by atoms with Crippen LogP contribution in [-0.2, 0) is 0 Å². The van der Waals surface area contributed by atoms with Crippen molar-refractivity contribution in [3.63, 3.8) is 0 Å². The Morgan fingerprint density at radius 2 is 1.61 bits per heavy atom. The normalized spacial score (nSPS) is 24.3. The number of hydrogen-bond acceptors (Lipinski definition) is 2. The minimum absolute atomic E-state index is 0.0394. The molecule has 0 aliphatic heterocycles. The monoisotopic (exact) mass is 255 g/mol. The topological polar surface area (TPSA) is 46.2 Å². The zero-order valence-electron chi connectivity index (χ0n) is 12.7. The average molecular weight is 255 g/mol. The van der Waals surface area contributed by atoms with E-state index in [1.54, 1.807) is 0 Å². The zero-order chi connectivity index (χ0) is 13.6. The molecule has 0 aromatic carbocycles. The summed E-state index contributed by atoms with van der Waals surface area (Å²) in [4.78, 5) is 0. The van der Waals surface area contributed by atoms with Crippen LogP contribution in [0, 0.1) is 11.3 Å². The molecule has 0 saturated heterocycles. The molecule has 1 aliphatic carbocycles. The quantitative estimate of drug-likeness (QED) is 0.783. The maximum atomic E-state index is 11.0. The first kappa shape index (κ1) is 16.0. The Morgan fingerprint density at radius 3 is 2.06 bits per heavy atom. The van der Waals surface area contributed by atoms with Gasteiger partial charge in [-0.05, 0) is 38.5 Å². The molecule has 0 aromatic rings. The van der Waals surface area contributed by atoms with Crippen LogP contribution in [0.4, 0.5) is 0 Å². The van der Waals surface area contributed by atoms with E-state index in [2.05, 4.69) is 13.8 Å². The Morgan fingerprint density at radius 1 is 1.11 bits per heavy atom. The van der Waals surface area contributed by atoms with Gasteiger partial charge in [-0.3, -0.25) is 0 Å². The Kier molecular flexibility index (Phi) is 6.13. The fourth-order valence-electron chi connectivity index (χ4n) is 3.38. The molecule has 2 nitrogen and oxygen atoms in total.